The number of ether oxygens (including phenoxy) is 1. The molecule has 0 heterocycles. The van der Waals surface area contributed by atoms with Crippen molar-refractivity contribution in [3.05, 3.63) is 17.7 Å². The Balaban J connectivity index is 3.72. The van der Waals surface area contributed by atoms with Crippen LogP contribution in [-0.2, 0) is 14.3 Å². The summed E-state index contributed by atoms with van der Waals surface area (Å²) in [5.41, 5.74) is 8.63. The third-order valence-corrected chi connectivity index (χ3v) is 2.06. The monoisotopic (exact) mass is 238 g/mol. The number of carbonyl (C=O) groups is 2. The van der Waals surface area contributed by atoms with Gasteiger partial charge < -0.3 is 10.3 Å². The minimum Gasteiger partial charge on any atom is -0.466 e. The Bertz CT molecular complexity index is 342. The van der Waals surface area contributed by atoms with E-state index in [0.717, 1.165) is 6.42 Å². The molecule has 0 saturated carbocycles. The highest BCUT2D eigenvalue weighted by Gasteiger charge is 2.11. The van der Waals surface area contributed by atoms with Gasteiger partial charge in [0, 0.05) is 13.3 Å². The van der Waals surface area contributed by atoms with Gasteiger partial charge in [0.1, 0.15) is 0 Å². The molecule has 0 amide bonds. The number of unbranched alkanes of at least 4 members (excludes halogenated alkanes) is 1. The molecular weight excluding hydrogens is 220 g/mol. The standard InChI is InChI=1S/C12H18N2O3/c1-3-17-12(16)9-7-5-4-6-8-11(14-13)10(2)15/h4,6H,3,5,7-9H2,1-2H3/b6-4-. The van der Waals surface area contributed by atoms with E-state index < -0.39 is 0 Å². The van der Waals surface area contributed by atoms with Crippen LogP contribution in [-0.4, -0.2) is 28.9 Å². The van der Waals surface area contributed by atoms with Crippen LogP contribution in [0.15, 0.2) is 12.2 Å². The van der Waals surface area contributed by atoms with Crippen molar-refractivity contribution >= 4 is 17.5 Å². The van der Waals surface area contributed by atoms with Crippen molar-refractivity contribution in [1.29, 1.82) is 0 Å². The average Bonchev–Trinajstić information content (AvgIpc) is 2.28. The normalized spacial score (nSPS) is 10.0. The zero-order valence-electron chi connectivity index (χ0n) is 10.3. The van der Waals surface area contributed by atoms with Gasteiger partial charge >= 0.3 is 11.7 Å². The van der Waals surface area contributed by atoms with Crippen LogP contribution in [0.5, 0.6) is 0 Å². The summed E-state index contributed by atoms with van der Waals surface area (Å²) in [5, 5.41) is 0. The number of allylic oxidation sites excluding steroid dienone is 2. The molecule has 0 saturated heterocycles. The Labute approximate surface area is 101 Å². The second kappa shape index (κ2) is 9.48. The van der Waals surface area contributed by atoms with Gasteiger partial charge in [-0.25, -0.2) is 0 Å². The van der Waals surface area contributed by atoms with E-state index in [-0.39, 0.29) is 17.5 Å². The third kappa shape index (κ3) is 8.11. The second-order valence-electron chi connectivity index (χ2n) is 3.48. The van der Waals surface area contributed by atoms with Crippen molar-refractivity contribution < 1.29 is 19.1 Å². The van der Waals surface area contributed by atoms with Gasteiger partial charge in [-0.2, -0.15) is 4.79 Å². The topological polar surface area (TPSA) is 79.8 Å². The van der Waals surface area contributed by atoms with Crippen molar-refractivity contribution in [2.45, 2.75) is 39.5 Å². The zero-order valence-corrected chi connectivity index (χ0v) is 10.3. The van der Waals surface area contributed by atoms with Crippen LogP contribution < -0.4 is 0 Å². The Morgan fingerprint density at radius 1 is 1.35 bits per heavy atom. The van der Waals surface area contributed by atoms with Crippen LogP contribution in [0.2, 0.25) is 0 Å². The Morgan fingerprint density at radius 3 is 2.59 bits per heavy atom. The molecule has 5 heteroatoms. The summed E-state index contributed by atoms with van der Waals surface area (Å²) < 4.78 is 4.78. The van der Waals surface area contributed by atoms with Gasteiger partial charge in [-0.05, 0) is 19.8 Å². The van der Waals surface area contributed by atoms with E-state index >= 15 is 0 Å². The van der Waals surface area contributed by atoms with Gasteiger partial charge in [0.25, 0.3) is 0 Å². The number of rotatable bonds is 8. The highest BCUT2D eigenvalue weighted by atomic mass is 16.5. The summed E-state index contributed by atoms with van der Waals surface area (Å²) >= 11 is 0. The summed E-state index contributed by atoms with van der Waals surface area (Å²) in [4.78, 5) is 24.7. The maximum absolute atomic E-state index is 11.0. The first kappa shape index (κ1) is 15.3. The summed E-state index contributed by atoms with van der Waals surface area (Å²) in [5.74, 6) is -0.439. The molecule has 0 unspecified atom stereocenters. The SMILES string of the molecule is CCOC(=O)CCC/C=C\CC(=[N+]=[N-])C(C)=O. The summed E-state index contributed by atoms with van der Waals surface area (Å²) in [6, 6.07) is 0. The fourth-order valence-corrected chi connectivity index (χ4v) is 1.17. The van der Waals surface area contributed by atoms with Gasteiger partial charge in [-0.15, -0.1) is 0 Å². The molecule has 17 heavy (non-hydrogen) atoms. The van der Waals surface area contributed by atoms with E-state index in [0.29, 0.717) is 25.9 Å². The van der Waals surface area contributed by atoms with E-state index in [1.165, 1.54) is 6.92 Å². The van der Waals surface area contributed by atoms with E-state index in [1.54, 1.807) is 13.0 Å². The Morgan fingerprint density at radius 2 is 2.06 bits per heavy atom. The van der Waals surface area contributed by atoms with Crippen LogP contribution in [0.3, 0.4) is 0 Å². The van der Waals surface area contributed by atoms with Crippen molar-refractivity contribution in [1.82, 2.24) is 0 Å². The molecule has 94 valence electrons. The van der Waals surface area contributed by atoms with E-state index in [4.69, 9.17) is 10.3 Å². The Kier molecular flexibility index (Phi) is 8.51. The number of esters is 1. The van der Waals surface area contributed by atoms with Gasteiger partial charge in [-0.3, -0.25) is 9.59 Å². The summed E-state index contributed by atoms with van der Waals surface area (Å²) in [7, 11) is 0. The van der Waals surface area contributed by atoms with Crippen molar-refractivity contribution in [2.75, 3.05) is 6.61 Å². The van der Waals surface area contributed by atoms with E-state index in [9.17, 15) is 9.59 Å². The maximum atomic E-state index is 11.0. The molecular formula is C12H18N2O3. The smallest absolute Gasteiger partial charge is 0.337 e. The second-order valence-corrected chi connectivity index (χ2v) is 3.48. The molecule has 0 aliphatic carbocycles. The van der Waals surface area contributed by atoms with Crippen LogP contribution in [0.4, 0.5) is 0 Å². The van der Waals surface area contributed by atoms with Crippen LogP contribution >= 0.6 is 0 Å². The fraction of sp³-hybridized carbons (Fsp3) is 0.583. The number of ketones is 1. The molecule has 0 atom stereocenters. The number of hydrogen-bond acceptors (Lipinski definition) is 3. The number of carbonyl (C=O) groups excluding carboxylic acids is 2. The molecule has 0 rings (SSSR count). The average molecular weight is 238 g/mol. The predicted octanol–water partition coefficient (Wildman–Crippen LogP) is 1.93. The number of Topliss-reactive ketones (excluding diaryl/α,β-unsaturated/α-hetero) is 1. The molecule has 0 radical (unpaired) electrons. The lowest BCUT2D eigenvalue weighted by Gasteiger charge is -1.98. The largest absolute Gasteiger partial charge is 0.466 e. The van der Waals surface area contributed by atoms with E-state index in [1.807, 2.05) is 6.08 Å². The summed E-state index contributed by atoms with van der Waals surface area (Å²) in [6.07, 6.45) is 5.75. The molecule has 0 aromatic heterocycles. The fourth-order valence-electron chi connectivity index (χ4n) is 1.17. The van der Waals surface area contributed by atoms with Crippen molar-refractivity contribution in [2.24, 2.45) is 0 Å². The minimum absolute atomic E-state index is 0.131. The molecule has 5 nitrogen and oxygen atoms in total. The lowest BCUT2D eigenvalue weighted by molar-refractivity contribution is -0.143. The highest BCUT2D eigenvalue weighted by Crippen LogP contribution is 2.00. The predicted molar refractivity (Wildman–Crippen MR) is 63.5 cm³/mol. The lowest BCUT2D eigenvalue weighted by atomic mass is 10.1. The van der Waals surface area contributed by atoms with Crippen LogP contribution in [0.1, 0.15) is 39.5 Å². The minimum atomic E-state index is -0.247. The quantitative estimate of drug-likeness (QED) is 0.162. The highest BCUT2D eigenvalue weighted by molar-refractivity contribution is 6.36. The molecule has 0 bridgehead atoms. The van der Waals surface area contributed by atoms with Crippen LogP contribution in [0.25, 0.3) is 5.53 Å². The zero-order chi connectivity index (χ0) is 13.1. The first-order chi connectivity index (χ1) is 8.11. The summed E-state index contributed by atoms with van der Waals surface area (Å²) in [6.45, 7) is 3.53. The first-order valence-corrected chi connectivity index (χ1v) is 5.64. The van der Waals surface area contributed by atoms with E-state index in [2.05, 4.69) is 4.79 Å². The molecule has 0 spiro atoms. The molecule has 0 aliphatic heterocycles. The molecule has 0 aromatic carbocycles. The molecule has 0 aromatic rings. The molecule has 0 fully saturated rings. The number of nitrogens with zero attached hydrogens (tertiary/aromatic N) is 2. The van der Waals surface area contributed by atoms with Gasteiger partial charge in [0.05, 0.1) is 13.0 Å². The maximum Gasteiger partial charge on any atom is 0.337 e. The van der Waals surface area contributed by atoms with Gasteiger partial charge in [-0.1, -0.05) is 12.2 Å². The number of hydrogen-bond donors (Lipinski definition) is 0. The van der Waals surface area contributed by atoms with Crippen molar-refractivity contribution in [3.63, 3.8) is 0 Å². The third-order valence-electron chi connectivity index (χ3n) is 2.06. The molecule has 0 N–H and O–H groups in total. The van der Waals surface area contributed by atoms with Crippen LogP contribution in [0, 0.1) is 0 Å². The van der Waals surface area contributed by atoms with Gasteiger partial charge in [0.15, 0.2) is 0 Å². The molecule has 0 aliphatic rings. The first-order valence-electron chi connectivity index (χ1n) is 5.64. The lowest BCUT2D eigenvalue weighted by Crippen LogP contribution is -2.09. The van der Waals surface area contributed by atoms with Gasteiger partial charge in [0.2, 0.25) is 5.78 Å². The Hall–Kier alpha value is -1.74. The van der Waals surface area contributed by atoms with Crippen molar-refractivity contribution in [3.8, 4) is 0 Å².